The van der Waals surface area contributed by atoms with Gasteiger partial charge in [0.25, 0.3) is 5.91 Å². The second-order valence-corrected chi connectivity index (χ2v) is 4.11. The molecular weight excluding hydrogens is 237 g/mol. The third-order valence-corrected chi connectivity index (χ3v) is 2.88. The van der Waals surface area contributed by atoms with E-state index >= 15 is 0 Å². The fourth-order valence-corrected chi connectivity index (χ4v) is 1.76. The maximum Gasteiger partial charge on any atom is 0.326 e. The van der Waals surface area contributed by atoms with E-state index in [1.165, 1.54) is 13.1 Å². The van der Waals surface area contributed by atoms with Crippen molar-refractivity contribution in [3.05, 3.63) is 35.1 Å². The summed E-state index contributed by atoms with van der Waals surface area (Å²) in [6, 6.07) is 3.54. The molecule has 0 aliphatic carbocycles. The van der Waals surface area contributed by atoms with Gasteiger partial charge in [0.2, 0.25) is 0 Å². The lowest BCUT2D eigenvalue weighted by Crippen LogP contribution is -2.42. The van der Waals surface area contributed by atoms with E-state index in [9.17, 15) is 14.0 Å². The molecule has 1 atom stereocenters. The lowest BCUT2D eigenvalue weighted by molar-refractivity contribution is -0.142. The van der Waals surface area contributed by atoms with E-state index in [0.29, 0.717) is 5.56 Å². The zero-order valence-electron chi connectivity index (χ0n) is 10.6. The van der Waals surface area contributed by atoms with Crippen molar-refractivity contribution < 1.29 is 19.1 Å². The van der Waals surface area contributed by atoms with Crippen molar-refractivity contribution in [3.8, 4) is 0 Å². The van der Waals surface area contributed by atoms with E-state index in [-0.39, 0.29) is 12.0 Å². The molecule has 0 heterocycles. The number of amides is 1. The van der Waals surface area contributed by atoms with Gasteiger partial charge < -0.3 is 10.0 Å². The van der Waals surface area contributed by atoms with Crippen molar-refractivity contribution >= 4 is 11.9 Å². The number of aliphatic carboxylic acids is 1. The van der Waals surface area contributed by atoms with Crippen LogP contribution in [0, 0.1) is 12.7 Å². The molecule has 0 fully saturated rings. The predicted octanol–water partition coefficient (Wildman–Crippen LogP) is 2.07. The monoisotopic (exact) mass is 253 g/mol. The van der Waals surface area contributed by atoms with Gasteiger partial charge in [-0.1, -0.05) is 19.1 Å². The van der Waals surface area contributed by atoms with Gasteiger partial charge in [-0.2, -0.15) is 0 Å². The van der Waals surface area contributed by atoms with Gasteiger partial charge in [-0.05, 0) is 25.0 Å². The number of aryl methyl sites for hydroxylation is 1. The maximum absolute atomic E-state index is 13.8. The Morgan fingerprint density at radius 1 is 1.44 bits per heavy atom. The second kappa shape index (κ2) is 5.62. The molecule has 5 heteroatoms. The predicted molar refractivity (Wildman–Crippen MR) is 64.9 cm³/mol. The number of nitrogens with zero attached hydrogens (tertiary/aromatic N) is 1. The topological polar surface area (TPSA) is 57.6 Å². The summed E-state index contributed by atoms with van der Waals surface area (Å²) < 4.78 is 13.8. The number of benzene rings is 1. The summed E-state index contributed by atoms with van der Waals surface area (Å²) in [6.07, 6.45) is 0.269. The highest BCUT2D eigenvalue weighted by Gasteiger charge is 2.27. The van der Waals surface area contributed by atoms with Gasteiger partial charge in [0, 0.05) is 7.05 Å². The van der Waals surface area contributed by atoms with Gasteiger partial charge in [-0.25, -0.2) is 9.18 Å². The number of hydrogen-bond acceptors (Lipinski definition) is 2. The quantitative estimate of drug-likeness (QED) is 0.893. The number of carbonyl (C=O) groups excluding carboxylic acids is 1. The number of likely N-dealkylation sites (N-methyl/N-ethyl adjacent to an activating group) is 1. The Kier molecular flexibility index (Phi) is 4.42. The minimum Gasteiger partial charge on any atom is -0.480 e. The summed E-state index contributed by atoms with van der Waals surface area (Å²) >= 11 is 0. The van der Waals surface area contributed by atoms with Crippen LogP contribution in [0.15, 0.2) is 18.2 Å². The van der Waals surface area contributed by atoms with E-state index in [0.717, 1.165) is 4.90 Å². The van der Waals surface area contributed by atoms with Crippen molar-refractivity contribution in [2.75, 3.05) is 7.05 Å². The Morgan fingerprint density at radius 2 is 2.06 bits per heavy atom. The Hall–Kier alpha value is -1.91. The van der Waals surface area contributed by atoms with Crippen LogP contribution in [0.3, 0.4) is 0 Å². The molecule has 1 aromatic carbocycles. The molecule has 1 amide bonds. The van der Waals surface area contributed by atoms with Gasteiger partial charge in [0.05, 0.1) is 5.56 Å². The molecule has 4 nitrogen and oxygen atoms in total. The molecular formula is C13H16FNO3. The standard InChI is InChI=1S/C13H16FNO3/c1-4-10(13(17)18)15(3)12(16)9-7-5-6-8(2)11(9)14/h5-7,10H,4H2,1-3H3,(H,17,18). The summed E-state index contributed by atoms with van der Waals surface area (Å²) in [4.78, 5) is 24.1. The summed E-state index contributed by atoms with van der Waals surface area (Å²) in [5.74, 6) is -2.32. The van der Waals surface area contributed by atoms with Crippen LogP contribution in [0.4, 0.5) is 4.39 Å². The summed E-state index contributed by atoms with van der Waals surface area (Å²) in [5.41, 5.74) is 0.259. The van der Waals surface area contributed by atoms with E-state index in [4.69, 9.17) is 5.11 Å². The molecule has 1 aromatic rings. The van der Waals surface area contributed by atoms with E-state index in [1.54, 1.807) is 26.0 Å². The minimum atomic E-state index is -1.10. The molecule has 0 spiro atoms. The molecule has 18 heavy (non-hydrogen) atoms. The van der Waals surface area contributed by atoms with Crippen LogP contribution in [0.5, 0.6) is 0 Å². The van der Waals surface area contributed by atoms with Crippen LogP contribution < -0.4 is 0 Å². The molecule has 1 rings (SSSR count). The molecule has 0 aliphatic rings. The number of hydrogen-bond donors (Lipinski definition) is 1. The first kappa shape index (κ1) is 14.2. The van der Waals surface area contributed by atoms with Crippen molar-refractivity contribution in [2.45, 2.75) is 26.3 Å². The Labute approximate surface area is 105 Å². The first-order chi connectivity index (χ1) is 8.40. The Bertz CT molecular complexity index is 473. The van der Waals surface area contributed by atoms with Crippen LogP contribution in [-0.2, 0) is 4.79 Å². The zero-order chi connectivity index (χ0) is 13.9. The van der Waals surface area contributed by atoms with Gasteiger partial charge in [0.1, 0.15) is 11.9 Å². The fourth-order valence-electron chi connectivity index (χ4n) is 1.76. The molecule has 0 radical (unpaired) electrons. The van der Waals surface area contributed by atoms with Crippen LogP contribution in [0.1, 0.15) is 29.3 Å². The molecule has 0 saturated carbocycles. The van der Waals surface area contributed by atoms with Gasteiger partial charge in [-0.3, -0.25) is 4.79 Å². The van der Waals surface area contributed by atoms with E-state index < -0.39 is 23.7 Å². The lowest BCUT2D eigenvalue weighted by atomic mass is 10.1. The largest absolute Gasteiger partial charge is 0.480 e. The highest BCUT2D eigenvalue weighted by molar-refractivity contribution is 5.96. The number of carboxylic acids is 1. The molecule has 0 aliphatic heterocycles. The zero-order valence-corrected chi connectivity index (χ0v) is 10.6. The third kappa shape index (κ3) is 2.67. The lowest BCUT2D eigenvalue weighted by Gasteiger charge is -2.24. The highest BCUT2D eigenvalue weighted by Crippen LogP contribution is 2.15. The number of rotatable bonds is 4. The SMILES string of the molecule is CCC(C(=O)O)N(C)C(=O)c1cccc(C)c1F. The highest BCUT2D eigenvalue weighted by atomic mass is 19.1. The first-order valence-corrected chi connectivity index (χ1v) is 5.65. The van der Waals surface area contributed by atoms with Gasteiger partial charge in [-0.15, -0.1) is 0 Å². The van der Waals surface area contributed by atoms with Gasteiger partial charge in [0.15, 0.2) is 0 Å². The molecule has 0 saturated heterocycles. The van der Waals surface area contributed by atoms with Crippen molar-refractivity contribution in [1.29, 1.82) is 0 Å². The Morgan fingerprint density at radius 3 is 2.56 bits per heavy atom. The Balaban J connectivity index is 3.07. The number of halogens is 1. The summed E-state index contributed by atoms with van der Waals surface area (Å²) in [6.45, 7) is 3.22. The fraction of sp³-hybridized carbons (Fsp3) is 0.385. The maximum atomic E-state index is 13.8. The molecule has 0 bridgehead atoms. The van der Waals surface area contributed by atoms with E-state index in [1.807, 2.05) is 0 Å². The second-order valence-electron chi connectivity index (χ2n) is 4.11. The molecule has 98 valence electrons. The number of carboxylic acid groups (broad SMARTS) is 1. The van der Waals surface area contributed by atoms with Crippen LogP contribution in [0.25, 0.3) is 0 Å². The normalized spacial score (nSPS) is 12.0. The van der Waals surface area contributed by atoms with E-state index in [2.05, 4.69) is 0 Å². The van der Waals surface area contributed by atoms with Crippen molar-refractivity contribution in [2.24, 2.45) is 0 Å². The summed E-state index contributed by atoms with van der Waals surface area (Å²) in [7, 11) is 1.37. The van der Waals surface area contributed by atoms with Crippen LogP contribution in [-0.4, -0.2) is 35.0 Å². The first-order valence-electron chi connectivity index (χ1n) is 5.65. The minimum absolute atomic E-state index is 0.0998. The average Bonchev–Trinajstić information content (AvgIpc) is 2.32. The smallest absolute Gasteiger partial charge is 0.326 e. The molecule has 0 aromatic heterocycles. The average molecular weight is 253 g/mol. The van der Waals surface area contributed by atoms with Crippen LogP contribution >= 0.6 is 0 Å². The molecule has 1 N–H and O–H groups in total. The third-order valence-electron chi connectivity index (χ3n) is 2.88. The van der Waals surface area contributed by atoms with Gasteiger partial charge >= 0.3 is 5.97 Å². The van der Waals surface area contributed by atoms with Crippen molar-refractivity contribution in [1.82, 2.24) is 4.90 Å². The van der Waals surface area contributed by atoms with Crippen LogP contribution in [0.2, 0.25) is 0 Å². The summed E-state index contributed by atoms with van der Waals surface area (Å²) in [5, 5.41) is 8.98. The molecule has 1 unspecified atom stereocenters. The number of carbonyl (C=O) groups is 2. The van der Waals surface area contributed by atoms with Crippen molar-refractivity contribution in [3.63, 3.8) is 0 Å².